The van der Waals surface area contributed by atoms with Gasteiger partial charge in [0, 0.05) is 38.6 Å². The van der Waals surface area contributed by atoms with Crippen LogP contribution in [0.4, 0.5) is 15.8 Å². The molecule has 2 aromatic carbocycles. The molecule has 2 aromatic rings. The van der Waals surface area contributed by atoms with Crippen molar-refractivity contribution in [3.63, 3.8) is 0 Å². The number of halogens is 1. The molecular formula is C19H24FN3S. The zero-order valence-corrected chi connectivity index (χ0v) is 15.5. The summed E-state index contributed by atoms with van der Waals surface area (Å²) in [5, 5.41) is 3.71. The Balaban J connectivity index is 2.04. The quantitative estimate of drug-likeness (QED) is 0.808. The van der Waals surface area contributed by atoms with Crippen LogP contribution in [-0.2, 0) is 6.54 Å². The minimum Gasteiger partial charge on any atom is -0.378 e. The van der Waals surface area contributed by atoms with Gasteiger partial charge in [0.2, 0.25) is 0 Å². The molecule has 0 aromatic heterocycles. The molecular weight excluding hydrogens is 321 g/mol. The van der Waals surface area contributed by atoms with E-state index >= 15 is 0 Å². The maximum absolute atomic E-state index is 13.7. The molecule has 0 aliphatic rings. The molecule has 0 saturated heterocycles. The van der Waals surface area contributed by atoms with Crippen molar-refractivity contribution in [2.45, 2.75) is 20.4 Å². The first-order chi connectivity index (χ1) is 11.4. The molecule has 0 spiro atoms. The van der Waals surface area contributed by atoms with Crippen molar-refractivity contribution < 1.29 is 4.39 Å². The number of nitrogens with zero attached hydrogens (tertiary/aromatic N) is 2. The van der Waals surface area contributed by atoms with E-state index in [2.05, 4.69) is 46.3 Å². The van der Waals surface area contributed by atoms with Crippen LogP contribution in [0.1, 0.15) is 18.1 Å². The van der Waals surface area contributed by atoms with E-state index in [4.69, 9.17) is 12.2 Å². The van der Waals surface area contributed by atoms with Gasteiger partial charge in [-0.1, -0.05) is 18.2 Å². The molecule has 0 saturated carbocycles. The molecule has 0 aliphatic heterocycles. The van der Waals surface area contributed by atoms with E-state index in [9.17, 15) is 4.39 Å². The van der Waals surface area contributed by atoms with E-state index in [1.807, 2.05) is 20.2 Å². The normalized spacial score (nSPS) is 10.4. The third-order valence-electron chi connectivity index (χ3n) is 3.92. The molecule has 0 radical (unpaired) electrons. The highest BCUT2D eigenvalue weighted by Crippen LogP contribution is 2.16. The van der Waals surface area contributed by atoms with Crippen molar-refractivity contribution in [1.29, 1.82) is 0 Å². The summed E-state index contributed by atoms with van der Waals surface area (Å²) in [6, 6.07) is 13.4. The van der Waals surface area contributed by atoms with Crippen LogP contribution in [0.3, 0.4) is 0 Å². The standard InChI is InChI=1S/C19H24FN3S/c1-5-23(13-15-7-10-17(11-8-15)22(3)4)19(24)21-16-9-6-14(2)18(20)12-16/h6-12H,5,13H2,1-4H3,(H,21,24). The highest BCUT2D eigenvalue weighted by atomic mass is 32.1. The first kappa shape index (κ1) is 18.2. The number of aryl methyl sites for hydroxylation is 1. The molecule has 0 atom stereocenters. The van der Waals surface area contributed by atoms with E-state index in [0.29, 0.717) is 22.9 Å². The number of hydrogen-bond acceptors (Lipinski definition) is 2. The predicted molar refractivity (Wildman–Crippen MR) is 104 cm³/mol. The first-order valence-electron chi connectivity index (χ1n) is 7.99. The summed E-state index contributed by atoms with van der Waals surface area (Å²) < 4.78 is 13.7. The smallest absolute Gasteiger partial charge is 0.173 e. The van der Waals surface area contributed by atoms with Crippen LogP contribution in [0.2, 0.25) is 0 Å². The van der Waals surface area contributed by atoms with Gasteiger partial charge in [0.1, 0.15) is 5.82 Å². The van der Waals surface area contributed by atoms with Crippen molar-refractivity contribution in [3.8, 4) is 0 Å². The second kappa shape index (κ2) is 8.11. The average molecular weight is 345 g/mol. The molecule has 0 unspecified atom stereocenters. The summed E-state index contributed by atoms with van der Waals surface area (Å²) in [5.74, 6) is -0.231. The van der Waals surface area contributed by atoms with Gasteiger partial charge < -0.3 is 15.1 Å². The zero-order chi connectivity index (χ0) is 17.7. The van der Waals surface area contributed by atoms with Crippen LogP contribution in [0, 0.1) is 12.7 Å². The van der Waals surface area contributed by atoms with Gasteiger partial charge in [0.15, 0.2) is 5.11 Å². The van der Waals surface area contributed by atoms with Crippen molar-refractivity contribution >= 4 is 28.7 Å². The summed E-state index contributed by atoms with van der Waals surface area (Å²) in [6.45, 7) is 5.28. The lowest BCUT2D eigenvalue weighted by Crippen LogP contribution is -2.34. The summed E-state index contributed by atoms with van der Waals surface area (Å²) in [7, 11) is 4.04. The van der Waals surface area contributed by atoms with Crippen LogP contribution >= 0.6 is 12.2 Å². The summed E-state index contributed by atoms with van der Waals surface area (Å²) in [5.41, 5.74) is 3.64. The maximum Gasteiger partial charge on any atom is 0.173 e. The lowest BCUT2D eigenvalue weighted by molar-refractivity contribution is 0.442. The van der Waals surface area contributed by atoms with Crippen LogP contribution in [0.25, 0.3) is 0 Å². The minimum absolute atomic E-state index is 0.231. The molecule has 2 rings (SSSR count). The highest BCUT2D eigenvalue weighted by molar-refractivity contribution is 7.80. The van der Waals surface area contributed by atoms with Gasteiger partial charge in [-0.25, -0.2) is 4.39 Å². The molecule has 5 heteroatoms. The number of hydrogen-bond donors (Lipinski definition) is 1. The fourth-order valence-corrected chi connectivity index (χ4v) is 2.63. The third-order valence-corrected chi connectivity index (χ3v) is 4.28. The molecule has 0 aliphatic carbocycles. The van der Waals surface area contributed by atoms with Crippen LogP contribution < -0.4 is 10.2 Å². The van der Waals surface area contributed by atoms with Crippen molar-refractivity contribution in [1.82, 2.24) is 4.90 Å². The fraction of sp³-hybridized carbons (Fsp3) is 0.316. The summed E-state index contributed by atoms with van der Waals surface area (Å²) >= 11 is 5.48. The Labute approximate surface area is 149 Å². The molecule has 0 fully saturated rings. The summed E-state index contributed by atoms with van der Waals surface area (Å²) in [6.07, 6.45) is 0. The van der Waals surface area contributed by atoms with Gasteiger partial charge in [0.25, 0.3) is 0 Å². The number of thiocarbonyl (C=S) groups is 1. The lowest BCUT2D eigenvalue weighted by Gasteiger charge is -2.25. The average Bonchev–Trinajstić information content (AvgIpc) is 2.56. The summed E-state index contributed by atoms with van der Waals surface area (Å²) in [4.78, 5) is 4.12. The Morgan fingerprint density at radius 2 is 1.79 bits per heavy atom. The van der Waals surface area contributed by atoms with Crippen molar-refractivity contribution in [3.05, 3.63) is 59.4 Å². The van der Waals surface area contributed by atoms with Gasteiger partial charge in [0.05, 0.1) is 0 Å². The second-order valence-electron chi connectivity index (χ2n) is 5.97. The van der Waals surface area contributed by atoms with E-state index in [1.54, 1.807) is 13.0 Å². The number of benzene rings is 2. The lowest BCUT2D eigenvalue weighted by atomic mass is 10.2. The molecule has 0 amide bonds. The Kier molecular flexibility index (Phi) is 6.15. The Hall–Kier alpha value is -2.14. The first-order valence-corrected chi connectivity index (χ1v) is 8.40. The van der Waals surface area contributed by atoms with Gasteiger partial charge in [-0.3, -0.25) is 0 Å². The number of rotatable bonds is 5. The second-order valence-corrected chi connectivity index (χ2v) is 6.36. The monoisotopic (exact) mass is 345 g/mol. The molecule has 1 N–H and O–H groups in total. The minimum atomic E-state index is -0.231. The highest BCUT2D eigenvalue weighted by Gasteiger charge is 2.10. The van der Waals surface area contributed by atoms with E-state index in [-0.39, 0.29) is 5.82 Å². The van der Waals surface area contributed by atoms with Gasteiger partial charge in [-0.2, -0.15) is 0 Å². The third kappa shape index (κ3) is 4.68. The topological polar surface area (TPSA) is 18.5 Å². The van der Waals surface area contributed by atoms with Crippen LogP contribution in [-0.4, -0.2) is 30.7 Å². The van der Waals surface area contributed by atoms with E-state index in [1.165, 1.54) is 11.6 Å². The van der Waals surface area contributed by atoms with Crippen molar-refractivity contribution in [2.24, 2.45) is 0 Å². The number of nitrogens with one attached hydrogen (secondary N) is 1. The van der Waals surface area contributed by atoms with Crippen molar-refractivity contribution in [2.75, 3.05) is 30.9 Å². The molecule has 128 valence electrons. The maximum atomic E-state index is 13.7. The van der Waals surface area contributed by atoms with E-state index < -0.39 is 0 Å². The largest absolute Gasteiger partial charge is 0.378 e. The van der Waals surface area contributed by atoms with Gasteiger partial charge in [-0.05, 0) is 61.5 Å². The van der Waals surface area contributed by atoms with Gasteiger partial charge >= 0.3 is 0 Å². The number of anilines is 2. The fourth-order valence-electron chi connectivity index (χ4n) is 2.32. The predicted octanol–water partition coefficient (Wildman–Crippen LogP) is 4.42. The molecule has 3 nitrogen and oxygen atoms in total. The molecule has 0 heterocycles. The Morgan fingerprint density at radius 3 is 2.33 bits per heavy atom. The Bertz CT molecular complexity index is 698. The zero-order valence-electron chi connectivity index (χ0n) is 14.6. The Morgan fingerprint density at radius 1 is 1.12 bits per heavy atom. The van der Waals surface area contributed by atoms with E-state index in [0.717, 1.165) is 12.2 Å². The molecule has 0 bridgehead atoms. The molecule has 24 heavy (non-hydrogen) atoms. The van der Waals surface area contributed by atoms with Crippen LogP contribution in [0.15, 0.2) is 42.5 Å². The SMILES string of the molecule is CCN(Cc1ccc(N(C)C)cc1)C(=S)Nc1ccc(C)c(F)c1. The van der Waals surface area contributed by atoms with Crippen LogP contribution in [0.5, 0.6) is 0 Å². The van der Waals surface area contributed by atoms with Gasteiger partial charge in [-0.15, -0.1) is 0 Å².